The molecule has 0 N–H and O–H groups in total. The van der Waals surface area contributed by atoms with Crippen molar-refractivity contribution in [2.75, 3.05) is 12.4 Å². The SMILES string of the molecule is Cc1ccc(-n2c(C(C)N(CCc3ccccc3)C(=O)CCl)nc3ccccc3c2=O)cc1C. The zero-order chi connectivity index (χ0) is 24.2. The molecule has 1 amide bonds. The lowest BCUT2D eigenvalue weighted by Gasteiger charge is -2.30. The van der Waals surface area contributed by atoms with Crippen LogP contribution in [0, 0.1) is 13.8 Å². The van der Waals surface area contributed by atoms with Crippen LogP contribution in [0.4, 0.5) is 0 Å². The van der Waals surface area contributed by atoms with Crippen molar-refractivity contribution >= 4 is 28.4 Å². The fourth-order valence-corrected chi connectivity index (χ4v) is 4.34. The fraction of sp³-hybridized carbons (Fsp3) is 0.250. The quantitative estimate of drug-likeness (QED) is 0.339. The molecule has 0 aliphatic carbocycles. The van der Waals surface area contributed by atoms with Gasteiger partial charge in [-0.15, -0.1) is 11.6 Å². The fourth-order valence-electron chi connectivity index (χ4n) is 4.19. The first-order valence-corrected chi connectivity index (χ1v) is 11.9. The Hall–Kier alpha value is -3.44. The lowest BCUT2D eigenvalue weighted by molar-refractivity contribution is -0.130. The molecule has 0 saturated carbocycles. The van der Waals surface area contributed by atoms with Crippen molar-refractivity contribution in [3.8, 4) is 5.69 Å². The van der Waals surface area contributed by atoms with E-state index in [1.165, 1.54) is 0 Å². The van der Waals surface area contributed by atoms with Crippen LogP contribution in [0.1, 0.15) is 35.5 Å². The van der Waals surface area contributed by atoms with E-state index >= 15 is 0 Å². The minimum atomic E-state index is -0.464. The van der Waals surface area contributed by atoms with Crippen molar-refractivity contribution < 1.29 is 4.79 Å². The third-order valence-corrected chi connectivity index (χ3v) is 6.54. The molecule has 0 radical (unpaired) electrons. The highest BCUT2D eigenvalue weighted by Gasteiger charge is 2.26. The van der Waals surface area contributed by atoms with Gasteiger partial charge in [-0.2, -0.15) is 0 Å². The summed E-state index contributed by atoms with van der Waals surface area (Å²) in [6, 6.07) is 22.8. The van der Waals surface area contributed by atoms with Crippen molar-refractivity contribution in [3.63, 3.8) is 0 Å². The maximum Gasteiger partial charge on any atom is 0.266 e. The summed E-state index contributed by atoms with van der Waals surface area (Å²) in [5.74, 6) is 0.179. The third-order valence-electron chi connectivity index (χ3n) is 6.31. The molecule has 0 saturated heterocycles. The van der Waals surface area contributed by atoms with E-state index in [0.29, 0.717) is 29.7 Å². The van der Waals surface area contributed by atoms with E-state index in [2.05, 4.69) is 0 Å². The number of para-hydroxylation sites is 1. The molecule has 0 spiro atoms. The summed E-state index contributed by atoms with van der Waals surface area (Å²) in [5.41, 5.74) is 4.53. The molecule has 5 nitrogen and oxygen atoms in total. The molecule has 0 fully saturated rings. The Morgan fingerprint density at radius 3 is 2.41 bits per heavy atom. The highest BCUT2D eigenvalue weighted by Crippen LogP contribution is 2.24. The molecule has 4 aromatic rings. The van der Waals surface area contributed by atoms with Crippen LogP contribution in [0.3, 0.4) is 0 Å². The number of rotatable bonds is 7. The lowest BCUT2D eigenvalue weighted by atomic mass is 10.1. The van der Waals surface area contributed by atoms with E-state index < -0.39 is 6.04 Å². The van der Waals surface area contributed by atoms with Gasteiger partial charge in [-0.25, -0.2) is 4.98 Å². The number of hydrogen-bond acceptors (Lipinski definition) is 3. The molecule has 1 unspecified atom stereocenters. The Bertz CT molecular complexity index is 1380. The molecule has 0 aliphatic rings. The van der Waals surface area contributed by atoms with Crippen molar-refractivity contribution in [3.05, 3.63) is 106 Å². The first-order chi connectivity index (χ1) is 16.4. The van der Waals surface area contributed by atoms with Crippen molar-refractivity contribution in [1.29, 1.82) is 0 Å². The summed E-state index contributed by atoms with van der Waals surface area (Å²) < 4.78 is 1.64. The third kappa shape index (κ3) is 4.75. The zero-order valence-corrected chi connectivity index (χ0v) is 20.4. The second-order valence-corrected chi connectivity index (χ2v) is 8.80. The van der Waals surface area contributed by atoms with E-state index in [0.717, 1.165) is 22.4 Å². The summed E-state index contributed by atoms with van der Waals surface area (Å²) in [4.78, 5) is 33.2. The number of aryl methyl sites for hydroxylation is 2. The second kappa shape index (κ2) is 10.2. The van der Waals surface area contributed by atoms with Crippen LogP contribution in [-0.4, -0.2) is 32.8 Å². The average molecular weight is 474 g/mol. The molecule has 174 valence electrons. The van der Waals surface area contributed by atoms with Crippen LogP contribution in [0.5, 0.6) is 0 Å². The molecule has 1 heterocycles. The van der Waals surface area contributed by atoms with Gasteiger partial charge >= 0.3 is 0 Å². The van der Waals surface area contributed by atoms with Gasteiger partial charge in [-0.1, -0.05) is 48.5 Å². The van der Waals surface area contributed by atoms with Crippen LogP contribution in [0.2, 0.25) is 0 Å². The monoisotopic (exact) mass is 473 g/mol. The number of fused-ring (bicyclic) bond motifs is 1. The Balaban J connectivity index is 1.85. The van der Waals surface area contributed by atoms with E-state index in [1.54, 1.807) is 15.5 Å². The molecule has 4 rings (SSSR count). The minimum Gasteiger partial charge on any atom is -0.331 e. The molecule has 0 bridgehead atoms. The van der Waals surface area contributed by atoms with Gasteiger partial charge < -0.3 is 4.90 Å². The first kappa shape index (κ1) is 23.7. The smallest absolute Gasteiger partial charge is 0.266 e. The summed E-state index contributed by atoms with van der Waals surface area (Å²) in [6.45, 7) is 6.43. The Morgan fingerprint density at radius 1 is 1.00 bits per heavy atom. The average Bonchev–Trinajstić information content (AvgIpc) is 2.86. The second-order valence-electron chi connectivity index (χ2n) is 8.53. The summed E-state index contributed by atoms with van der Waals surface area (Å²) in [7, 11) is 0. The van der Waals surface area contributed by atoms with E-state index in [9.17, 15) is 9.59 Å². The van der Waals surface area contributed by atoms with E-state index in [-0.39, 0.29) is 17.3 Å². The number of alkyl halides is 1. The van der Waals surface area contributed by atoms with Gasteiger partial charge in [0.2, 0.25) is 5.91 Å². The van der Waals surface area contributed by atoms with Crippen LogP contribution in [0.15, 0.2) is 77.6 Å². The topological polar surface area (TPSA) is 55.2 Å². The van der Waals surface area contributed by atoms with Crippen LogP contribution < -0.4 is 5.56 Å². The maximum absolute atomic E-state index is 13.7. The Kier molecular flexibility index (Phi) is 7.13. The van der Waals surface area contributed by atoms with Gasteiger partial charge in [0.25, 0.3) is 5.56 Å². The van der Waals surface area contributed by atoms with Crippen molar-refractivity contribution in [1.82, 2.24) is 14.5 Å². The Morgan fingerprint density at radius 2 is 1.71 bits per heavy atom. The highest BCUT2D eigenvalue weighted by atomic mass is 35.5. The maximum atomic E-state index is 13.7. The normalized spacial score (nSPS) is 12.0. The predicted octanol–water partition coefficient (Wildman–Crippen LogP) is 5.37. The van der Waals surface area contributed by atoms with Gasteiger partial charge in [0.05, 0.1) is 22.6 Å². The van der Waals surface area contributed by atoms with Crippen LogP contribution in [0.25, 0.3) is 16.6 Å². The molecule has 1 aromatic heterocycles. The van der Waals surface area contributed by atoms with Crippen molar-refractivity contribution in [2.45, 2.75) is 33.2 Å². The number of nitrogens with zero attached hydrogens (tertiary/aromatic N) is 3. The number of amides is 1. The van der Waals surface area contributed by atoms with E-state index in [1.807, 2.05) is 87.5 Å². The van der Waals surface area contributed by atoms with Crippen molar-refractivity contribution in [2.24, 2.45) is 0 Å². The standard InChI is InChI=1S/C28H28ClN3O2/c1-19-13-14-23(17-20(19)2)32-27(30-25-12-8-7-11-24(25)28(32)34)21(3)31(26(33)18-29)16-15-22-9-5-4-6-10-22/h4-14,17,21H,15-16,18H2,1-3H3. The molecular weight excluding hydrogens is 446 g/mol. The molecule has 0 aliphatic heterocycles. The lowest BCUT2D eigenvalue weighted by Crippen LogP contribution is -2.39. The molecule has 1 atom stereocenters. The highest BCUT2D eigenvalue weighted by molar-refractivity contribution is 6.27. The van der Waals surface area contributed by atoms with Crippen LogP contribution in [-0.2, 0) is 11.2 Å². The Labute approximate surface area is 204 Å². The minimum absolute atomic E-state index is 0.138. The van der Waals surface area contributed by atoms with Gasteiger partial charge in [-0.3, -0.25) is 14.2 Å². The predicted molar refractivity (Wildman–Crippen MR) is 138 cm³/mol. The zero-order valence-electron chi connectivity index (χ0n) is 19.7. The summed E-state index contributed by atoms with van der Waals surface area (Å²) >= 11 is 6.00. The number of carbonyl (C=O) groups is 1. The first-order valence-electron chi connectivity index (χ1n) is 11.4. The molecule has 6 heteroatoms. The number of aromatic nitrogens is 2. The number of halogens is 1. The number of carbonyl (C=O) groups excluding carboxylic acids is 1. The van der Waals surface area contributed by atoms with Gasteiger partial charge in [0.15, 0.2) is 0 Å². The van der Waals surface area contributed by atoms with Gasteiger partial charge in [-0.05, 0) is 68.1 Å². The van der Waals surface area contributed by atoms with Crippen LogP contribution >= 0.6 is 11.6 Å². The summed E-state index contributed by atoms with van der Waals surface area (Å²) in [5, 5.41) is 0.538. The van der Waals surface area contributed by atoms with Gasteiger partial charge in [0, 0.05) is 6.54 Å². The molecule has 3 aromatic carbocycles. The largest absolute Gasteiger partial charge is 0.331 e. The summed E-state index contributed by atoms with van der Waals surface area (Å²) in [6.07, 6.45) is 0.676. The number of benzene rings is 3. The molecule has 34 heavy (non-hydrogen) atoms. The van der Waals surface area contributed by atoms with Gasteiger partial charge in [0.1, 0.15) is 11.7 Å². The number of hydrogen-bond donors (Lipinski definition) is 0. The van der Waals surface area contributed by atoms with E-state index in [4.69, 9.17) is 16.6 Å². The molecular formula is C28H28ClN3O2.